The van der Waals surface area contributed by atoms with Crippen molar-refractivity contribution in [3.8, 4) is 0 Å². The van der Waals surface area contributed by atoms with Crippen LogP contribution in [0.5, 0.6) is 0 Å². The first-order valence-electron chi connectivity index (χ1n) is 5.99. The monoisotopic (exact) mass is 258 g/mol. The minimum Gasteiger partial charge on any atom is -0.516 e. The second-order valence-electron chi connectivity index (χ2n) is 4.61. The number of carboxylic acids is 1. The molecule has 0 unspecified atom stereocenters. The van der Waals surface area contributed by atoms with Gasteiger partial charge in [-0.25, -0.2) is 9.59 Å². The quantitative estimate of drug-likeness (QED) is 0.563. The summed E-state index contributed by atoms with van der Waals surface area (Å²) in [5, 5.41) is 8.63. The summed E-state index contributed by atoms with van der Waals surface area (Å²) >= 11 is 0. The standard InChI is InChI=1S/C12H22O4Si/c1-5-7-8-17(3,4)16-12(15)10(6-2)9-11(13)14/h9H,5-8H2,1-4H3,(H,13,14). The Balaban J connectivity index is 4.55. The van der Waals surface area contributed by atoms with E-state index in [1.165, 1.54) is 0 Å². The van der Waals surface area contributed by atoms with E-state index in [4.69, 9.17) is 9.53 Å². The van der Waals surface area contributed by atoms with E-state index in [-0.39, 0.29) is 5.57 Å². The largest absolute Gasteiger partial charge is 0.516 e. The molecule has 1 N–H and O–H groups in total. The van der Waals surface area contributed by atoms with Gasteiger partial charge in [0.25, 0.3) is 0 Å². The second kappa shape index (κ2) is 7.27. The Morgan fingerprint density at radius 2 is 1.88 bits per heavy atom. The summed E-state index contributed by atoms with van der Waals surface area (Å²) in [6.07, 6.45) is 3.42. The molecule has 0 spiro atoms. The van der Waals surface area contributed by atoms with Crippen LogP contribution in [-0.2, 0) is 14.0 Å². The minimum absolute atomic E-state index is 0.231. The second-order valence-corrected chi connectivity index (χ2v) is 8.84. The highest BCUT2D eigenvalue weighted by Gasteiger charge is 2.27. The molecule has 17 heavy (non-hydrogen) atoms. The number of aliphatic carboxylic acids is 1. The molecule has 0 bridgehead atoms. The highest BCUT2D eigenvalue weighted by atomic mass is 28.4. The lowest BCUT2D eigenvalue weighted by atomic mass is 10.2. The van der Waals surface area contributed by atoms with E-state index in [9.17, 15) is 9.59 Å². The first-order chi connectivity index (χ1) is 7.82. The van der Waals surface area contributed by atoms with Crippen molar-refractivity contribution in [3.05, 3.63) is 11.6 Å². The maximum Gasteiger partial charge on any atom is 0.328 e. The molecule has 98 valence electrons. The molecule has 5 heteroatoms. The van der Waals surface area contributed by atoms with E-state index < -0.39 is 20.3 Å². The Hall–Kier alpha value is -1.10. The van der Waals surface area contributed by atoms with Gasteiger partial charge >= 0.3 is 11.9 Å². The molecule has 0 atom stereocenters. The summed E-state index contributed by atoms with van der Waals surface area (Å²) in [5.74, 6) is -1.57. The summed E-state index contributed by atoms with van der Waals surface area (Å²) < 4.78 is 5.46. The Morgan fingerprint density at radius 3 is 2.29 bits per heavy atom. The molecular weight excluding hydrogens is 236 g/mol. The van der Waals surface area contributed by atoms with E-state index in [2.05, 4.69) is 6.92 Å². The van der Waals surface area contributed by atoms with Crippen molar-refractivity contribution < 1.29 is 19.1 Å². The van der Waals surface area contributed by atoms with Gasteiger partial charge in [-0.15, -0.1) is 0 Å². The zero-order chi connectivity index (χ0) is 13.5. The lowest BCUT2D eigenvalue weighted by molar-refractivity contribution is -0.134. The maximum absolute atomic E-state index is 11.8. The van der Waals surface area contributed by atoms with Gasteiger partial charge in [-0.2, -0.15) is 0 Å². The smallest absolute Gasteiger partial charge is 0.328 e. The maximum atomic E-state index is 11.8. The summed E-state index contributed by atoms with van der Waals surface area (Å²) in [5.41, 5.74) is 0.231. The van der Waals surface area contributed by atoms with E-state index in [0.29, 0.717) is 6.42 Å². The first-order valence-corrected chi connectivity index (χ1v) is 9.10. The van der Waals surface area contributed by atoms with Crippen molar-refractivity contribution in [1.29, 1.82) is 0 Å². The van der Waals surface area contributed by atoms with Gasteiger partial charge in [0.15, 0.2) is 0 Å². The predicted molar refractivity (Wildman–Crippen MR) is 69.3 cm³/mol. The fourth-order valence-electron chi connectivity index (χ4n) is 1.42. The van der Waals surface area contributed by atoms with Gasteiger partial charge in [-0.1, -0.05) is 26.7 Å². The number of rotatable bonds is 7. The van der Waals surface area contributed by atoms with Crippen molar-refractivity contribution in [1.82, 2.24) is 0 Å². The molecule has 0 heterocycles. The fourth-order valence-corrected chi connectivity index (χ4v) is 3.36. The number of hydrogen-bond acceptors (Lipinski definition) is 3. The van der Waals surface area contributed by atoms with Crippen LogP contribution in [0, 0.1) is 0 Å². The third-order valence-corrected chi connectivity index (χ3v) is 4.74. The Kier molecular flexibility index (Phi) is 6.80. The molecule has 0 aliphatic carbocycles. The van der Waals surface area contributed by atoms with Gasteiger partial charge in [-0.05, 0) is 25.6 Å². The number of carbonyl (C=O) groups excluding carboxylic acids is 1. The van der Waals surface area contributed by atoms with Crippen LogP contribution >= 0.6 is 0 Å². The van der Waals surface area contributed by atoms with E-state index in [1.807, 2.05) is 13.1 Å². The highest BCUT2D eigenvalue weighted by molar-refractivity contribution is 6.72. The molecule has 0 radical (unpaired) electrons. The molecule has 0 saturated carbocycles. The highest BCUT2D eigenvalue weighted by Crippen LogP contribution is 2.17. The average molecular weight is 258 g/mol. The number of carbonyl (C=O) groups is 2. The van der Waals surface area contributed by atoms with Crippen LogP contribution in [0.25, 0.3) is 0 Å². The van der Waals surface area contributed by atoms with Crippen LogP contribution in [0.1, 0.15) is 33.1 Å². The van der Waals surface area contributed by atoms with Crippen molar-refractivity contribution in [2.24, 2.45) is 0 Å². The zero-order valence-corrected chi connectivity index (χ0v) is 12.1. The fraction of sp³-hybridized carbons (Fsp3) is 0.667. The molecule has 0 fully saturated rings. The third-order valence-electron chi connectivity index (χ3n) is 2.44. The molecule has 0 aromatic heterocycles. The van der Waals surface area contributed by atoms with Crippen LogP contribution in [0.4, 0.5) is 0 Å². The summed E-state index contributed by atoms with van der Waals surface area (Å²) in [6, 6.07) is 0.916. The first kappa shape index (κ1) is 15.9. The SMILES string of the molecule is CCCC[Si](C)(C)OC(=O)C(=CC(=O)O)CC. The molecule has 0 saturated heterocycles. The predicted octanol–water partition coefficient (Wildman–Crippen LogP) is 2.96. The molecule has 0 amide bonds. The Labute approximate surface area is 104 Å². The van der Waals surface area contributed by atoms with Crippen molar-refractivity contribution in [2.45, 2.75) is 52.2 Å². The lowest BCUT2D eigenvalue weighted by Crippen LogP contribution is -2.33. The van der Waals surface area contributed by atoms with E-state index in [1.54, 1.807) is 6.92 Å². The summed E-state index contributed by atoms with van der Waals surface area (Å²) in [6.45, 7) is 7.80. The molecule has 0 aromatic carbocycles. The van der Waals surface area contributed by atoms with Crippen molar-refractivity contribution in [2.75, 3.05) is 0 Å². The van der Waals surface area contributed by atoms with Crippen LogP contribution in [0.2, 0.25) is 19.1 Å². The zero-order valence-electron chi connectivity index (χ0n) is 11.1. The average Bonchev–Trinajstić information content (AvgIpc) is 2.22. The van der Waals surface area contributed by atoms with Crippen LogP contribution < -0.4 is 0 Å². The lowest BCUT2D eigenvalue weighted by Gasteiger charge is -2.23. The molecule has 4 nitrogen and oxygen atoms in total. The van der Waals surface area contributed by atoms with Gasteiger partial charge in [0.1, 0.15) is 0 Å². The molecule has 0 aliphatic rings. The number of carboxylic acid groups (broad SMARTS) is 1. The summed E-state index contributed by atoms with van der Waals surface area (Å²) in [7, 11) is -2.00. The molecule has 0 rings (SSSR count). The van der Waals surface area contributed by atoms with Crippen LogP contribution in [0.3, 0.4) is 0 Å². The van der Waals surface area contributed by atoms with Gasteiger partial charge < -0.3 is 9.53 Å². The third kappa shape index (κ3) is 6.94. The van der Waals surface area contributed by atoms with Crippen molar-refractivity contribution in [3.63, 3.8) is 0 Å². The summed E-state index contributed by atoms with van der Waals surface area (Å²) in [4.78, 5) is 22.3. The van der Waals surface area contributed by atoms with Gasteiger partial charge in [0, 0.05) is 11.6 Å². The van der Waals surface area contributed by atoms with E-state index in [0.717, 1.165) is 25.0 Å². The molecular formula is C12H22O4Si. The van der Waals surface area contributed by atoms with Crippen LogP contribution in [-0.4, -0.2) is 25.4 Å². The van der Waals surface area contributed by atoms with Gasteiger partial charge in [0.05, 0.1) is 0 Å². The normalized spacial score (nSPS) is 12.4. The molecule has 0 aromatic rings. The van der Waals surface area contributed by atoms with Gasteiger partial charge in [0.2, 0.25) is 8.32 Å². The topological polar surface area (TPSA) is 63.6 Å². The Morgan fingerprint density at radius 1 is 1.29 bits per heavy atom. The number of unbranched alkanes of at least 4 members (excludes halogenated alkanes) is 1. The Bertz CT molecular complexity index is 308. The molecule has 0 aliphatic heterocycles. The van der Waals surface area contributed by atoms with Crippen LogP contribution in [0.15, 0.2) is 11.6 Å². The van der Waals surface area contributed by atoms with Gasteiger partial charge in [-0.3, -0.25) is 0 Å². The van der Waals surface area contributed by atoms with E-state index >= 15 is 0 Å². The number of hydrogen-bond donors (Lipinski definition) is 1. The minimum atomic E-state index is -2.00. The van der Waals surface area contributed by atoms with Crippen molar-refractivity contribution >= 4 is 20.3 Å².